The lowest BCUT2D eigenvalue weighted by Crippen LogP contribution is -2.30. The second-order valence-corrected chi connectivity index (χ2v) is 5.66. The van der Waals surface area contributed by atoms with Crippen LogP contribution in [0.3, 0.4) is 0 Å². The molecular formula is C16H15N3O2S. The number of aryl methyl sites for hydroxylation is 1. The predicted molar refractivity (Wildman–Crippen MR) is 86.1 cm³/mol. The van der Waals surface area contributed by atoms with Crippen molar-refractivity contribution in [3.05, 3.63) is 54.4 Å². The summed E-state index contributed by atoms with van der Waals surface area (Å²) in [4.78, 5) is 22.9. The Morgan fingerprint density at radius 1 is 1.36 bits per heavy atom. The van der Waals surface area contributed by atoms with Gasteiger partial charge in [0.15, 0.2) is 5.76 Å². The third-order valence-corrected chi connectivity index (χ3v) is 4.45. The molecule has 3 rings (SSSR count). The fourth-order valence-electron chi connectivity index (χ4n) is 2.16. The molecule has 0 aliphatic rings. The van der Waals surface area contributed by atoms with E-state index in [1.807, 2.05) is 26.0 Å². The van der Waals surface area contributed by atoms with Crippen LogP contribution in [0.1, 0.15) is 23.2 Å². The molecule has 0 N–H and O–H groups in total. The maximum Gasteiger partial charge on any atom is 0.294 e. The second-order valence-electron chi connectivity index (χ2n) is 4.68. The van der Waals surface area contributed by atoms with Gasteiger partial charge in [0.05, 0.1) is 12.0 Å². The molecule has 0 aliphatic carbocycles. The molecule has 0 unspecified atom stereocenters. The number of nitrogens with zero attached hydrogens (tertiary/aromatic N) is 3. The number of carbonyl (C=O) groups is 1. The quantitative estimate of drug-likeness (QED) is 0.735. The van der Waals surface area contributed by atoms with E-state index in [1.54, 1.807) is 29.4 Å². The Morgan fingerprint density at radius 2 is 2.23 bits per heavy atom. The summed E-state index contributed by atoms with van der Waals surface area (Å²) in [5, 5.41) is 1.69. The van der Waals surface area contributed by atoms with E-state index in [1.165, 1.54) is 17.6 Å². The van der Waals surface area contributed by atoms with E-state index in [0.29, 0.717) is 12.3 Å². The number of aromatic nitrogens is 2. The van der Waals surface area contributed by atoms with Gasteiger partial charge in [0.25, 0.3) is 5.91 Å². The first kappa shape index (κ1) is 14.5. The smallest absolute Gasteiger partial charge is 0.294 e. The molecule has 0 fully saturated rings. The van der Waals surface area contributed by atoms with Crippen LogP contribution in [0.15, 0.2) is 47.3 Å². The standard InChI is InChI=1S/C16H15N3O2S/c1-3-19(15(20)13-7-5-9-21-13)16-11(2)18-14(22-16)12-6-4-8-17-10-12/h4-10H,3H2,1-2H3. The third-order valence-electron chi connectivity index (χ3n) is 3.22. The van der Waals surface area contributed by atoms with Gasteiger partial charge < -0.3 is 4.42 Å². The number of hydrogen-bond donors (Lipinski definition) is 0. The molecule has 3 heterocycles. The van der Waals surface area contributed by atoms with Gasteiger partial charge in [-0.25, -0.2) is 4.98 Å². The van der Waals surface area contributed by atoms with Gasteiger partial charge in [0.1, 0.15) is 10.0 Å². The molecule has 1 amide bonds. The lowest BCUT2D eigenvalue weighted by atomic mass is 10.3. The van der Waals surface area contributed by atoms with Crippen molar-refractivity contribution >= 4 is 22.2 Å². The van der Waals surface area contributed by atoms with Crippen LogP contribution in [0.5, 0.6) is 0 Å². The summed E-state index contributed by atoms with van der Waals surface area (Å²) in [6, 6.07) is 7.21. The number of pyridine rings is 1. The van der Waals surface area contributed by atoms with Crippen molar-refractivity contribution in [2.45, 2.75) is 13.8 Å². The monoisotopic (exact) mass is 313 g/mol. The van der Waals surface area contributed by atoms with Crippen molar-refractivity contribution in [1.82, 2.24) is 9.97 Å². The zero-order valence-electron chi connectivity index (χ0n) is 12.3. The van der Waals surface area contributed by atoms with E-state index in [-0.39, 0.29) is 5.91 Å². The van der Waals surface area contributed by atoms with Gasteiger partial charge in [-0.1, -0.05) is 11.3 Å². The number of furan rings is 1. The van der Waals surface area contributed by atoms with Gasteiger partial charge >= 0.3 is 0 Å². The predicted octanol–water partition coefficient (Wildman–Crippen LogP) is 3.77. The highest BCUT2D eigenvalue weighted by Gasteiger charge is 2.23. The highest BCUT2D eigenvalue weighted by molar-refractivity contribution is 7.19. The summed E-state index contributed by atoms with van der Waals surface area (Å²) in [6.45, 7) is 4.39. The van der Waals surface area contributed by atoms with Crippen LogP contribution in [0, 0.1) is 6.92 Å². The summed E-state index contributed by atoms with van der Waals surface area (Å²) >= 11 is 1.48. The average Bonchev–Trinajstić information content (AvgIpc) is 3.19. The molecule has 3 aromatic rings. The van der Waals surface area contributed by atoms with Gasteiger partial charge in [-0.05, 0) is 38.1 Å². The second kappa shape index (κ2) is 6.11. The zero-order valence-corrected chi connectivity index (χ0v) is 13.1. The normalized spacial score (nSPS) is 10.6. The Kier molecular flexibility index (Phi) is 4.02. The van der Waals surface area contributed by atoms with E-state index in [4.69, 9.17) is 4.42 Å². The lowest BCUT2D eigenvalue weighted by molar-refractivity contribution is 0.0962. The molecule has 0 bridgehead atoms. The van der Waals surface area contributed by atoms with Crippen molar-refractivity contribution in [3.8, 4) is 10.6 Å². The van der Waals surface area contributed by atoms with E-state index in [2.05, 4.69) is 9.97 Å². The number of hydrogen-bond acceptors (Lipinski definition) is 5. The minimum absolute atomic E-state index is 0.156. The fraction of sp³-hybridized carbons (Fsp3) is 0.188. The molecule has 5 nitrogen and oxygen atoms in total. The van der Waals surface area contributed by atoms with Crippen LogP contribution in [0.25, 0.3) is 10.6 Å². The third kappa shape index (κ3) is 2.65. The van der Waals surface area contributed by atoms with Crippen molar-refractivity contribution in [3.63, 3.8) is 0 Å². The van der Waals surface area contributed by atoms with Gasteiger partial charge in [0, 0.05) is 24.5 Å². The molecule has 0 radical (unpaired) electrons. The summed E-state index contributed by atoms with van der Waals surface area (Å²) in [7, 11) is 0. The molecule has 0 spiro atoms. The summed E-state index contributed by atoms with van der Waals surface area (Å²) in [6.07, 6.45) is 5.00. The van der Waals surface area contributed by atoms with Crippen LogP contribution < -0.4 is 4.90 Å². The maximum atomic E-state index is 12.5. The van der Waals surface area contributed by atoms with Gasteiger partial charge in [0.2, 0.25) is 0 Å². The zero-order chi connectivity index (χ0) is 15.5. The summed E-state index contributed by atoms with van der Waals surface area (Å²) in [5.74, 6) is 0.176. The molecule has 0 saturated heterocycles. The Labute approximate surface area is 132 Å². The van der Waals surface area contributed by atoms with E-state index < -0.39 is 0 Å². The van der Waals surface area contributed by atoms with Crippen LogP contribution >= 0.6 is 11.3 Å². The Morgan fingerprint density at radius 3 is 2.86 bits per heavy atom. The van der Waals surface area contributed by atoms with E-state index in [9.17, 15) is 4.79 Å². The minimum atomic E-state index is -0.156. The van der Waals surface area contributed by atoms with Crippen molar-refractivity contribution in [1.29, 1.82) is 0 Å². The highest BCUT2D eigenvalue weighted by Crippen LogP contribution is 2.34. The first-order chi connectivity index (χ1) is 10.7. The lowest BCUT2D eigenvalue weighted by Gasteiger charge is -2.18. The Bertz CT molecular complexity index is 766. The largest absolute Gasteiger partial charge is 0.459 e. The van der Waals surface area contributed by atoms with Crippen LogP contribution in [-0.2, 0) is 0 Å². The van der Waals surface area contributed by atoms with Gasteiger partial charge in [-0.2, -0.15) is 0 Å². The van der Waals surface area contributed by atoms with Crippen molar-refractivity contribution in [2.75, 3.05) is 11.4 Å². The number of thiazole rings is 1. The fourth-order valence-corrected chi connectivity index (χ4v) is 3.28. The summed E-state index contributed by atoms with van der Waals surface area (Å²) in [5.41, 5.74) is 1.77. The molecule has 112 valence electrons. The average molecular weight is 313 g/mol. The number of rotatable bonds is 4. The number of anilines is 1. The SMILES string of the molecule is CCN(C(=O)c1ccco1)c1sc(-c2cccnc2)nc1C. The molecule has 0 aromatic carbocycles. The molecule has 6 heteroatoms. The van der Waals surface area contributed by atoms with Crippen molar-refractivity contribution in [2.24, 2.45) is 0 Å². The molecule has 0 saturated carbocycles. The first-order valence-electron chi connectivity index (χ1n) is 6.94. The molecule has 0 aliphatic heterocycles. The number of carbonyl (C=O) groups excluding carboxylic acids is 1. The topological polar surface area (TPSA) is 59.2 Å². The van der Waals surface area contributed by atoms with Gasteiger partial charge in [-0.15, -0.1) is 0 Å². The number of amides is 1. The Hall–Kier alpha value is -2.47. The van der Waals surface area contributed by atoms with Crippen LogP contribution in [0.2, 0.25) is 0 Å². The van der Waals surface area contributed by atoms with Crippen LogP contribution in [-0.4, -0.2) is 22.4 Å². The van der Waals surface area contributed by atoms with Crippen molar-refractivity contribution < 1.29 is 9.21 Å². The summed E-state index contributed by atoms with van der Waals surface area (Å²) < 4.78 is 5.21. The first-order valence-corrected chi connectivity index (χ1v) is 7.75. The van der Waals surface area contributed by atoms with Gasteiger partial charge in [-0.3, -0.25) is 14.7 Å². The maximum absolute atomic E-state index is 12.5. The van der Waals surface area contributed by atoms with E-state index >= 15 is 0 Å². The van der Waals surface area contributed by atoms with Crippen LogP contribution in [0.4, 0.5) is 5.00 Å². The molecule has 3 aromatic heterocycles. The highest BCUT2D eigenvalue weighted by atomic mass is 32.1. The molecular weight excluding hydrogens is 298 g/mol. The Balaban J connectivity index is 1.97. The minimum Gasteiger partial charge on any atom is -0.459 e. The van der Waals surface area contributed by atoms with E-state index in [0.717, 1.165) is 21.3 Å². The molecule has 22 heavy (non-hydrogen) atoms. The molecule has 0 atom stereocenters.